The van der Waals surface area contributed by atoms with E-state index in [2.05, 4.69) is 7.05 Å². The molecule has 1 saturated heterocycles. The lowest BCUT2D eigenvalue weighted by molar-refractivity contribution is -0.888. The van der Waals surface area contributed by atoms with Crippen molar-refractivity contribution in [3.63, 3.8) is 0 Å². The molecule has 2 atom stereocenters. The fourth-order valence-electron chi connectivity index (χ4n) is 1.55. The van der Waals surface area contributed by atoms with Gasteiger partial charge in [-0.25, -0.2) is 0 Å². The summed E-state index contributed by atoms with van der Waals surface area (Å²) in [6, 6.07) is 0. The molecule has 9 heavy (non-hydrogen) atoms. The van der Waals surface area contributed by atoms with Crippen molar-refractivity contribution in [3.05, 3.63) is 0 Å². The summed E-state index contributed by atoms with van der Waals surface area (Å²) in [5.41, 5.74) is 0. The third-order valence-electron chi connectivity index (χ3n) is 2.11. The van der Waals surface area contributed by atoms with Gasteiger partial charge in [-0.3, -0.25) is 0 Å². The lowest BCUT2D eigenvalue weighted by Gasteiger charge is -2.25. The first-order valence-electron chi connectivity index (χ1n) is 3.75. The summed E-state index contributed by atoms with van der Waals surface area (Å²) in [5.74, 6) is 0.582. The third-order valence-corrected chi connectivity index (χ3v) is 2.11. The molecule has 0 aromatic carbocycles. The van der Waals surface area contributed by atoms with Crippen LogP contribution in [0.15, 0.2) is 0 Å². The standard InChI is InChI=1S/C7H15NO/c1-8-4-2-3-7(5-8)6-9/h7,9H,2-6H2,1H3/p+1/t7-/m1/s1. The fraction of sp³-hybridized carbons (Fsp3) is 1.00. The average Bonchev–Trinajstić information content (AvgIpc) is 1.88. The number of aliphatic hydroxyl groups excluding tert-OH is 1. The Bertz CT molecular complexity index is 85.0. The van der Waals surface area contributed by atoms with Gasteiger partial charge in [0.2, 0.25) is 0 Å². The molecule has 0 saturated carbocycles. The number of quaternary nitrogens is 1. The maximum atomic E-state index is 8.80. The van der Waals surface area contributed by atoms with Crippen LogP contribution in [-0.2, 0) is 0 Å². The maximum absolute atomic E-state index is 8.80. The van der Waals surface area contributed by atoms with E-state index in [4.69, 9.17) is 5.11 Å². The highest BCUT2D eigenvalue weighted by atomic mass is 16.3. The van der Waals surface area contributed by atoms with E-state index in [1.807, 2.05) is 0 Å². The van der Waals surface area contributed by atoms with Gasteiger partial charge in [0, 0.05) is 5.92 Å². The van der Waals surface area contributed by atoms with Crippen LogP contribution < -0.4 is 4.90 Å². The number of hydrogen-bond donors (Lipinski definition) is 2. The van der Waals surface area contributed by atoms with Gasteiger partial charge in [0.1, 0.15) is 0 Å². The minimum absolute atomic E-state index is 0.386. The lowest BCUT2D eigenvalue weighted by Crippen LogP contribution is -3.10. The van der Waals surface area contributed by atoms with Gasteiger partial charge in [0.25, 0.3) is 0 Å². The molecular formula is C7H16NO+. The van der Waals surface area contributed by atoms with Crippen LogP contribution in [0.5, 0.6) is 0 Å². The van der Waals surface area contributed by atoms with Crippen LogP contribution in [-0.4, -0.2) is 31.9 Å². The second-order valence-corrected chi connectivity index (χ2v) is 3.10. The normalized spacial score (nSPS) is 36.7. The van der Waals surface area contributed by atoms with Gasteiger partial charge < -0.3 is 10.0 Å². The van der Waals surface area contributed by atoms with Crippen LogP contribution in [0.3, 0.4) is 0 Å². The second kappa shape index (κ2) is 3.18. The summed E-state index contributed by atoms with van der Waals surface area (Å²) in [6.07, 6.45) is 2.52. The topological polar surface area (TPSA) is 24.7 Å². The Morgan fingerprint density at radius 2 is 2.44 bits per heavy atom. The van der Waals surface area contributed by atoms with Crippen LogP contribution in [0.2, 0.25) is 0 Å². The van der Waals surface area contributed by atoms with Crippen molar-refractivity contribution in [2.45, 2.75) is 12.8 Å². The van der Waals surface area contributed by atoms with Crippen molar-refractivity contribution >= 4 is 0 Å². The van der Waals surface area contributed by atoms with Gasteiger partial charge in [-0.15, -0.1) is 0 Å². The minimum atomic E-state index is 0.386. The highest BCUT2D eigenvalue weighted by molar-refractivity contribution is 4.58. The number of aliphatic hydroxyl groups is 1. The van der Waals surface area contributed by atoms with Crippen molar-refractivity contribution in [1.82, 2.24) is 0 Å². The molecule has 0 spiro atoms. The molecule has 2 N–H and O–H groups in total. The van der Waals surface area contributed by atoms with E-state index < -0.39 is 0 Å². The van der Waals surface area contributed by atoms with E-state index in [1.54, 1.807) is 4.90 Å². The van der Waals surface area contributed by atoms with Crippen molar-refractivity contribution in [2.75, 3.05) is 26.7 Å². The van der Waals surface area contributed by atoms with E-state index in [0.717, 1.165) is 6.54 Å². The van der Waals surface area contributed by atoms with E-state index in [0.29, 0.717) is 12.5 Å². The Morgan fingerprint density at radius 3 is 2.89 bits per heavy atom. The predicted molar refractivity (Wildman–Crippen MR) is 36.4 cm³/mol. The molecule has 1 aliphatic rings. The van der Waals surface area contributed by atoms with Gasteiger partial charge in [0.05, 0.1) is 26.7 Å². The molecule has 1 rings (SSSR count). The molecule has 0 aromatic heterocycles. The summed E-state index contributed by atoms with van der Waals surface area (Å²) < 4.78 is 0. The van der Waals surface area contributed by atoms with Crippen molar-refractivity contribution in [2.24, 2.45) is 5.92 Å². The zero-order valence-corrected chi connectivity index (χ0v) is 6.06. The first-order valence-corrected chi connectivity index (χ1v) is 3.75. The van der Waals surface area contributed by atoms with E-state index in [9.17, 15) is 0 Å². The largest absolute Gasteiger partial charge is 0.396 e. The minimum Gasteiger partial charge on any atom is -0.396 e. The zero-order chi connectivity index (χ0) is 6.69. The van der Waals surface area contributed by atoms with Crippen molar-refractivity contribution in [3.8, 4) is 0 Å². The zero-order valence-electron chi connectivity index (χ0n) is 6.06. The summed E-state index contributed by atoms with van der Waals surface area (Å²) in [4.78, 5) is 1.57. The van der Waals surface area contributed by atoms with E-state index >= 15 is 0 Å². The van der Waals surface area contributed by atoms with Crippen LogP contribution in [0.1, 0.15) is 12.8 Å². The first kappa shape index (κ1) is 7.03. The van der Waals surface area contributed by atoms with Gasteiger partial charge in [0.15, 0.2) is 0 Å². The molecular weight excluding hydrogens is 114 g/mol. The van der Waals surface area contributed by atoms with Gasteiger partial charge in [-0.1, -0.05) is 0 Å². The lowest BCUT2D eigenvalue weighted by atomic mass is 10.00. The monoisotopic (exact) mass is 130 g/mol. The smallest absolute Gasteiger partial charge is 0.0819 e. The molecule has 2 heteroatoms. The van der Waals surface area contributed by atoms with E-state index in [-0.39, 0.29) is 0 Å². The molecule has 1 aliphatic heterocycles. The molecule has 1 fully saturated rings. The highest BCUT2D eigenvalue weighted by Gasteiger charge is 2.18. The number of likely N-dealkylation sites (tertiary alicyclic amines) is 1. The number of hydrogen-bond acceptors (Lipinski definition) is 1. The van der Waals surface area contributed by atoms with Crippen LogP contribution in [0.25, 0.3) is 0 Å². The molecule has 0 amide bonds. The molecule has 54 valence electrons. The molecule has 0 aromatic rings. The number of piperidine rings is 1. The third kappa shape index (κ3) is 1.95. The van der Waals surface area contributed by atoms with Gasteiger partial charge in [-0.2, -0.15) is 0 Å². The Morgan fingerprint density at radius 1 is 1.67 bits per heavy atom. The maximum Gasteiger partial charge on any atom is 0.0819 e. The summed E-state index contributed by atoms with van der Waals surface area (Å²) in [5, 5.41) is 8.80. The average molecular weight is 130 g/mol. The van der Waals surface area contributed by atoms with Crippen molar-refractivity contribution in [1.29, 1.82) is 0 Å². The Balaban J connectivity index is 2.23. The predicted octanol–water partition coefficient (Wildman–Crippen LogP) is -1.10. The Hall–Kier alpha value is -0.0800. The van der Waals surface area contributed by atoms with E-state index in [1.165, 1.54) is 19.4 Å². The quantitative estimate of drug-likeness (QED) is 0.463. The molecule has 0 bridgehead atoms. The van der Waals surface area contributed by atoms with Crippen LogP contribution in [0, 0.1) is 5.92 Å². The summed E-state index contributed by atoms with van der Waals surface area (Å²) in [6.45, 7) is 2.84. The van der Waals surface area contributed by atoms with Gasteiger partial charge in [-0.05, 0) is 12.8 Å². The van der Waals surface area contributed by atoms with Crippen LogP contribution >= 0.6 is 0 Å². The molecule has 1 heterocycles. The Labute approximate surface area is 56.5 Å². The SMILES string of the molecule is C[NH+]1CCC[C@@H](CO)C1. The molecule has 2 nitrogen and oxygen atoms in total. The fourth-order valence-corrected chi connectivity index (χ4v) is 1.55. The van der Waals surface area contributed by atoms with Gasteiger partial charge >= 0.3 is 0 Å². The molecule has 0 aliphatic carbocycles. The van der Waals surface area contributed by atoms with Crippen molar-refractivity contribution < 1.29 is 10.0 Å². The molecule has 1 unspecified atom stereocenters. The summed E-state index contributed by atoms with van der Waals surface area (Å²) >= 11 is 0. The highest BCUT2D eigenvalue weighted by Crippen LogP contribution is 2.04. The Kier molecular flexibility index (Phi) is 2.49. The molecule has 0 radical (unpaired) electrons. The first-order chi connectivity index (χ1) is 4.33. The summed E-state index contributed by atoms with van der Waals surface area (Å²) in [7, 11) is 2.20. The number of rotatable bonds is 1. The second-order valence-electron chi connectivity index (χ2n) is 3.10. The van der Waals surface area contributed by atoms with Crippen LogP contribution in [0.4, 0.5) is 0 Å². The number of nitrogens with one attached hydrogen (secondary N) is 1.